The molecule has 0 atom stereocenters. The molecular weight excluding hydrogens is 416 g/mol. The minimum Gasteiger partial charge on any atom is -0.465 e. The summed E-state index contributed by atoms with van der Waals surface area (Å²) in [5.74, 6) is -1.13. The summed E-state index contributed by atoms with van der Waals surface area (Å²) in [4.78, 5) is 28.2. The van der Waals surface area contributed by atoms with E-state index in [2.05, 4.69) is 4.57 Å². The number of esters is 2. The number of benzene rings is 2. The van der Waals surface area contributed by atoms with Crippen molar-refractivity contribution in [3.63, 3.8) is 0 Å². The van der Waals surface area contributed by atoms with Gasteiger partial charge in [0.2, 0.25) is 0 Å². The highest BCUT2D eigenvalue weighted by Crippen LogP contribution is 2.39. The lowest BCUT2D eigenvalue weighted by atomic mass is 9.88. The summed E-state index contributed by atoms with van der Waals surface area (Å²) in [6, 6.07) is 17.9. The topological polar surface area (TPSA) is 60.8 Å². The maximum absolute atomic E-state index is 13.1. The zero-order valence-electron chi connectivity index (χ0n) is 20.4. The van der Waals surface area contributed by atoms with Crippen molar-refractivity contribution in [3.05, 3.63) is 77.0 Å². The monoisotopic (exact) mass is 448 g/mol. The number of hydrogen-bond donors (Lipinski definition) is 0. The molecule has 6 nitrogen and oxygen atoms in total. The second kappa shape index (κ2) is 9.53. The third-order valence-electron chi connectivity index (χ3n) is 5.59. The average Bonchev–Trinajstić information content (AvgIpc) is 3.13. The van der Waals surface area contributed by atoms with E-state index in [1.54, 1.807) is 0 Å². The molecule has 33 heavy (non-hydrogen) atoms. The van der Waals surface area contributed by atoms with Gasteiger partial charge in [0.05, 0.1) is 25.5 Å². The van der Waals surface area contributed by atoms with Crippen LogP contribution < -0.4 is 4.90 Å². The van der Waals surface area contributed by atoms with Gasteiger partial charge in [0.15, 0.2) is 0 Å². The summed E-state index contributed by atoms with van der Waals surface area (Å²) >= 11 is 0. The van der Waals surface area contributed by atoms with Crippen LogP contribution in [0.1, 0.15) is 52.7 Å². The van der Waals surface area contributed by atoms with Crippen molar-refractivity contribution in [2.24, 2.45) is 0 Å². The Labute approximate surface area is 195 Å². The first-order chi connectivity index (χ1) is 15.6. The largest absolute Gasteiger partial charge is 0.465 e. The van der Waals surface area contributed by atoms with Crippen LogP contribution in [0.2, 0.25) is 0 Å². The van der Waals surface area contributed by atoms with E-state index in [-0.39, 0.29) is 11.1 Å². The fourth-order valence-corrected chi connectivity index (χ4v) is 4.14. The molecule has 174 valence electrons. The number of aromatic nitrogens is 1. The molecule has 1 heterocycles. The fourth-order valence-electron chi connectivity index (χ4n) is 4.14. The third-order valence-corrected chi connectivity index (χ3v) is 5.59. The maximum atomic E-state index is 13.1. The third kappa shape index (κ3) is 4.80. The predicted octanol–water partition coefficient (Wildman–Crippen LogP) is 5.14. The summed E-state index contributed by atoms with van der Waals surface area (Å²) in [7, 11) is 6.60. The summed E-state index contributed by atoms with van der Waals surface area (Å²) in [6.45, 7) is 6.56. The van der Waals surface area contributed by atoms with Gasteiger partial charge in [-0.2, -0.15) is 0 Å². The molecule has 0 saturated carbocycles. The van der Waals surface area contributed by atoms with Crippen LogP contribution in [0.15, 0.2) is 54.6 Å². The Balaban J connectivity index is 2.44. The van der Waals surface area contributed by atoms with E-state index in [1.807, 2.05) is 94.4 Å². The summed E-state index contributed by atoms with van der Waals surface area (Å²) in [6.07, 6.45) is 0. The van der Waals surface area contributed by atoms with E-state index in [1.165, 1.54) is 14.2 Å². The number of methoxy groups -OCH3 is 2. The normalized spacial score (nSPS) is 11.2. The molecule has 0 radical (unpaired) electrons. The molecule has 0 aliphatic carbocycles. The number of carbonyl (C=O) groups is 2. The lowest BCUT2D eigenvalue weighted by Crippen LogP contribution is -2.23. The van der Waals surface area contributed by atoms with Gasteiger partial charge in [-0.25, -0.2) is 9.59 Å². The zero-order valence-corrected chi connectivity index (χ0v) is 20.4. The molecule has 0 spiro atoms. The lowest BCUT2D eigenvalue weighted by Gasteiger charge is -2.25. The van der Waals surface area contributed by atoms with Gasteiger partial charge >= 0.3 is 11.9 Å². The van der Waals surface area contributed by atoms with E-state index < -0.39 is 17.4 Å². The molecule has 0 N–H and O–H groups in total. The molecule has 3 aromatic rings. The number of hydrogen-bond acceptors (Lipinski definition) is 5. The average molecular weight is 449 g/mol. The van der Waals surface area contributed by atoms with Gasteiger partial charge in [-0.1, -0.05) is 63.2 Å². The maximum Gasteiger partial charge on any atom is 0.340 e. The highest BCUT2D eigenvalue weighted by Gasteiger charge is 2.37. The van der Waals surface area contributed by atoms with Gasteiger partial charge in [0.25, 0.3) is 0 Å². The van der Waals surface area contributed by atoms with Crippen molar-refractivity contribution in [2.75, 3.05) is 33.2 Å². The predicted molar refractivity (Wildman–Crippen MR) is 131 cm³/mol. The molecule has 0 bridgehead atoms. The number of anilines is 1. The van der Waals surface area contributed by atoms with Gasteiger partial charge < -0.3 is 18.9 Å². The SMILES string of the molecule is COC(=O)c1c(C(=O)OC)c(C(C)(C)C)n(Cc2ccccc2)c1-c1ccc(N(C)C)cc1. The molecule has 0 saturated heterocycles. The summed E-state index contributed by atoms with van der Waals surface area (Å²) < 4.78 is 12.4. The zero-order chi connectivity index (χ0) is 24.3. The van der Waals surface area contributed by atoms with Crippen LogP contribution in [0.4, 0.5) is 5.69 Å². The summed E-state index contributed by atoms with van der Waals surface area (Å²) in [5, 5.41) is 0. The van der Waals surface area contributed by atoms with Crippen molar-refractivity contribution in [2.45, 2.75) is 32.7 Å². The number of ether oxygens (including phenoxy) is 2. The van der Waals surface area contributed by atoms with Crippen molar-refractivity contribution in [1.82, 2.24) is 4.57 Å². The Morgan fingerprint density at radius 3 is 1.88 bits per heavy atom. The van der Waals surface area contributed by atoms with Crippen LogP contribution in [-0.2, 0) is 21.4 Å². The van der Waals surface area contributed by atoms with Crippen molar-refractivity contribution in [1.29, 1.82) is 0 Å². The van der Waals surface area contributed by atoms with Crippen LogP contribution in [0.5, 0.6) is 0 Å². The summed E-state index contributed by atoms with van der Waals surface area (Å²) in [5.41, 5.74) is 4.29. The van der Waals surface area contributed by atoms with Gasteiger partial charge in [-0.3, -0.25) is 0 Å². The van der Waals surface area contributed by atoms with Gasteiger partial charge in [0.1, 0.15) is 5.56 Å². The molecule has 0 amide bonds. The Kier molecular flexibility index (Phi) is 6.96. The van der Waals surface area contributed by atoms with E-state index >= 15 is 0 Å². The highest BCUT2D eigenvalue weighted by atomic mass is 16.5. The number of nitrogens with zero attached hydrogens (tertiary/aromatic N) is 2. The molecular formula is C27H32N2O4. The highest BCUT2D eigenvalue weighted by molar-refractivity contribution is 6.09. The molecule has 6 heteroatoms. The van der Waals surface area contributed by atoms with E-state index in [0.29, 0.717) is 12.2 Å². The first-order valence-electron chi connectivity index (χ1n) is 10.9. The molecule has 0 aliphatic heterocycles. The molecule has 0 unspecified atom stereocenters. The lowest BCUT2D eigenvalue weighted by molar-refractivity contribution is 0.0555. The molecule has 3 rings (SSSR count). The minimum absolute atomic E-state index is 0.225. The van der Waals surface area contributed by atoms with Crippen LogP contribution in [0.25, 0.3) is 11.3 Å². The first kappa shape index (κ1) is 24.1. The van der Waals surface area contributed by atoms with E-state index in [9.17, 15) is 9.59 Å². The fraction of sp³-hybridized carbons (Fsp3) is 0.333. The van der Waals surface area contributed by atoms with Crippen LogP contribution in [0.3, 0.4) is 0 Å². The van der Waals surface area contributed by atoms with Crippen LogP contribution >= 0.6 is 0 Å². The Hall–Kier alpha value is -3.54. The van der Waals surface area contributed by atoms with Gasteiger partial charge in [-0.15, -0.1) is 0 Å². The van der Waals surface area contributed by atoms with Crippen molar-refractivity contribution in [3.8, 4) is 11.3 Å². The Bertz CT molecular complexity index is 1140. The quantitative estimate of drug-likeness (QED) is 0.489. The van der Waals surface area contributed by atoms with Crippen LogP contribution in [0, 0.1) is 0 Å². The number of carbonyl (C=O) groups excluding carboxylic acids is 2. The minimum atomic E-state index is -0.570. The standard InChI is InChI=1S/C27H32N2O4/c1-27(2,3)24-22(26(31)33-7)21(25(30)32-6)23(19-13-15-20(16-14-19)28(4)5)29(24)17-18-11-9-8-10-12-18/h8-16H,17H2,1-7H3. The van der Waals surface area contributed by atoms with Gasteiger partial charge in [-0.05, 0) is 23.3 Å². The number of rotatable bonds is 6. The first-order valence-corrected chi connectivity index (χ1v) is 10.9. The Morgan fingerprint density at radius 2 is 1.39 bits per heavy atom. The molecule has 0 fully saturated rings. The Morgan fingerprint density at radius 1 is 0.848 bits per heavy atom. The second-order valence-corrected chi connectivity index (χ2v) is 9.19. The van der Waals surface area contributed by atoms with E-state index in [0.717, 1.165) is 22.5 Å². The van der Waals surface area contributed by atoms with Gasteiger partial charge in [0, 0.05) is 37.4 Å². The smallest absolute Gasteiger partial charge is 0.340 e. The van der Waals surface area contributed by atoms with Crippen molar-refractivity contribution < 1.29 is 19.1 Å². The molecule has 2 aromatic carbocycles. The second-order valence-electron chi connectivity index (χ2n) is 9.19. The molecule has 1 aromatic heterocycles. The van der Waals surface area contributed by atoms with Crippen LogP contribution in [-0.4, -0.2) is 44.8 Å². The van der Waals surface area contributed by atoms with Crippen molar-refractivity contribution >= 4 is 17.6 Å². The molecule has 0 aliphatic rings. The van der Waals surface area contributed by atoms with E-state index in [4.69, 9.17) is 9.47 Å².